The number of likely N-dealkylation sites (N-methyl/N-ethyl adjacent to an activating group) is 1. The highest BCUT2D eigenvalue weighted by Gasteiger charge is 2.56. The monoisotopic (exact) mass is 520 g/mol. The number of benzene rings is 1. The molecule has 1 aromatic carbocycles. The van der Waals surface area contributed by atoms with Crippen molar-refractivity contribution in [3.63, 3.8) is 0 Å². The number of nitrogens with zero attached hydrogens (tertiary/aromatic N) is 3. The number of Topliss-reactive ketones (excluding diaryl/α,β-unsaturated/α-hetero) is 1. The van der Waals surface area contributed by atoms with Gasteiger partial charge in [-0.15, -0.1) is 0 Å². The molecule has 0 radical (unpaired) electrons. The van der Waals surface area contributed by atoms with E-state index in [0.29, 0.717) is 12.0 Å². The molecule has 1 N–H and O–H groups in total. The van der Waals surface area contributed by atoms with Crippen molar-refractivity contribution < 1.29 is 27.9 Å². The van der Waals surface area contributed by atoms with E-state index in [9.17, 15) is 23.2 Å². The molecule has 3 aliphatic heterocycles. The lowest BCUT2D eigenvalue weighted by Crippen LogP contribution is -2.57. The third-order valence-corrected chi connectivity index (χ3v) is 8.36. The number of halogens is 2. The van der Waals surface area contributed by atoms with E-state index in [4.69, 9.17) is 4.74 Å². The third-order valence-electron chi connectivity index (χ3n) is 8.36. The van der Waals surface area contributed by atoms with Gasteiger partial charge in [-0.05, 0) is 42.6 Å². The van der Waals surface area contributed by atoms with Gasteiger partial charge < -0.3 is 24.8 Å². The van der Waals surface area contributed by atoms with Crippen LogP contribution in [-0.2, 0) is 14.3 Å². The second-order valence-corrected chi connectivity index (χ2v) is 10.9. The summed E-state index contributed by atoms with van der Waals surface area (Å²) in [5.41, 5.74) is 0.771. The molecular formula is C27H38F2N4O4. The maximum Gasteiger partial charge on any atom is 0.251 e. The molecule has 204 valence electrons. The molecule has 37 heavy (non-hydrogen) atoms. The average molecular weight is 521 g/mol. The van der Waals surface area contributed by atoms with Gasteiger partial charge in [0.1, 0.15) is 18.7 Å². The topological polar surface area (TPSA) is 82.2 Å². The normalized spacial score (nSPS) is 25.5. The van der Waals surface area contributed by atoms with E-state index >= 15 is 0 Å². The van der Waals surface area contributed by atoms with E-state index in [0.717, 1.165) is 38.4 Å². The lowest BCUT2D eigenvalue weighted by molar-refractivity contribution is -0.140. The number of ketones is 1. The van der Waals surface area contributed by atoms with Gasteiger partial charge in [-0.25, -0.2) is 8.78 Å². The lowest BCUT2D eigenvalue weighted by Gasteiger charge is -2.37. The van der Waals surface area contributed by atoms with Crippen LogP contribution in [0.3, 0.4) is 0 Å². The predicted octanol–water partition coefficient (Wildman–Crippen LogP) is 2.42. The van der Waals surface area contributed by atoms with Crippen LogP contribution in [0.5, 0.6) is 0 Å². The Morgan fingerprint density at radius 1 is 1.11 bits per heavy atom. The minimum absolute atomic E-state index is 0.274. The maximum atomic E-state index is 13.7. The van der Waals surface area contributed by atoms with E-state index in [1.165, 1.54) is 4.90 Å². The quantitative estimate of drug-likeness (QED) is 0.567. The first-order valence-corrected chi connectivity index (χ1v) is 13.2. The molecule has 0 bridgehead atoms. The van der Waals surface area contributed by atoms with Crippen LogP contribution in [0.15, 0.2) is 24.3 Å². The van der Waals surface area contributed by atoms with Gasteiger partial charge in [-0.1, -0.05) is 27.7 Å². The number of fused-ring (bicyclic) bond motifs is 1. The summed E-state index contributed by atoms with van der Waals surface area (Å²) in [6, 6.07) is 5.27. The van der Waals surface area contributed by atoms with Crippen LogP contribution in [0.2, 0.25) is 0 Å². The Labute approximate surface area is 217 Å². The van der Waals surface area contributed by atoms with Crippen LogP contribution in [0.4, 0.5) is 14.5 Å². The van der Waals surface area contributed by atoms with E-state index in [1.54, 1.807) is 12.1 Å². The van der Waals surface area contributed by atoms with Crippen molar-refractivity contribution in [3.8, 4) is 0 Å². The van der Waals surface area contributed by atoms with E-state index < -0.39 is 47.8 Å². The fourth-order valence-corrected chi connectivity index (χ4v) is 5.46. The van der Waals surface area contributed by atoms with E-state index in [2.05, 4.69) is 22.0 Å². The van der Waals surface area contributed by atoms with Crippen molar-refractivity contribution in [1.29, 1.82) is 0 Å². The number of piperazine rings is 1. The van der Waals surface area contributed by atoms with Gasteiger partial charge in [0.25, 0.3) is 5.91 Å². The number of anilines is 1. The van der Waals surface area contributed by atoms with Crippen LogP contribution in [0.1, 0.15) is 44.5 Å². The number of likely N-dealkylation sites (tertiary alicyclic amines) is 1. The zero-order valence-electron chi connectivity index (χ0n) is 22.1. The largest absolute Gasteiger partial charge is 0.369 e. The second kappa shape index (κ2) is 11.0. The fourth-order valence-electron chi connectivity index (χ4n) is 5.46. The molecule has 1 aromatic rings. The Balaban J connectivity index is 1.50. The summed E-state index contributed by atoms with van der Waals surface area (Å²) < 4.78 is 32.7. The highest BCUT2D eigenvalue weighted by Crippen LogP contribution is 2.37. The molecular weight excluding hydrogens is 482 g/mol. The van der Waals surface area contributed by atoms with Crippen molar-refractivity contribution in [3.05, 3.63) is 29.8 Å². The van der Waals surface area contributed by atoms with Crippen LogP contribution >= 0.6 is 0 Å². The van der Waals surface area contributed by atoms with Gasteiger partial charge in [0.2, 0.25) is 12.3 Å². The van der Waals surface area contributed by atoms with Gasteiger partial charge in [0, 0.05) is 44.0 Å². The first-order valence-electron chi connectivity index (χ1n) is 13.2. The number of carbonyl (C=O) groups excluding carboxylic acids is 3. The summed E-state index contributed by atoms with van der Waals surface area (Å²) in [4.78, 5) is 45.3. The first-order chi connectivity index (χ1) is 17.6. The Morgan fingerprint density at radius 3 is 2.32 bits per heavy atom. The minimum Gasteiger partial charge on any atom is -0.369 e. The molecule has 3 fully saturated rings. The van der Waals surface area contributed by atoms with Crippen LogP contribution < -0.4 is 10.2 Å². The molecule has 0 saturated carbocycles. The average Bonchev–Trinajstić information content (AvgIpc) is 3.47. The van der Waals surface area contributed by atoms with Crippen LogP contribution in [0.25, 0.3) is 0 Å². The Hall–Kier alpha value is -2.59. The molecule has 4 rings (SSSR count). The SMILES string of the molecule is CCN1CCN(c2ccc(C(=O)N[C@H](C(=O)N3C[C@H](C(F)F)[C@H]4OCC(=O)[C@H]43)C(C)(C)CC)cc2)CC1. The summed E-state index contributed by atoms with van der Waals surface area (Å²) in [6.07, 6.45) is -3.17. The first kappa shape index (κ1) is 27.4. The van der Waals surface area contributed by atoms with Gasteiger partial charge in [-0.3, -0.25) is 14.4 Å². The summed E-state index contributed by atoms with van der Waals surface area (Å²) in [6.45, 7) is 12.0. The summed E-state index contributed by atoms with van der Waals surface area (Å²) in [5.74, 6) is -2.55. The number of hydrogen-bond acceptors (Lipinski definition) is 6. The predicted molar refractivity (Wildman–Crippen MR) is 136 cm³/mol. The smallest absolute Gasteiger partial charge is 0.251 e. The third kappa shape index (κ3) is 5.50. The van der Waals surface area contributed by atoms with Crippen molar-refractivity contribution in [2.45, 2.75) is 58.7 Å². The number of alkyl halides is 2. The van der Waals surface area contributed by atoms with E-state index in [-0.39, 0.29) is 18.9 Å². The second-order valence-electron chi connectivity index (χ2n) is 10.9. The minimum atomic E-state index is -2.72. The van der Waals surface area contributed by atoms with Crippen molar-refractivity contribution in [1.82, 2.24) is 15.1 Å². The molecule has 4 atom stereocenters. The number of ether oxygens (including phenoxy) is 1. The van der Waals surface area contributed by atoms with E-state index in [1.807, 2.05) is 32.9 Å². The molecule has 3 heterocycles. The maximum absolute atomic E-state index is 13.7. The van der Waals surface area contributed by atoms with Gasteiger partial charge in [0.05, 0.1) is 12.0 Å². The van der Waals surface area contributed by atoms with Crippen LogP contribution in [0, 0.1) is 11.3 Å². The van der Waals surface area contributed by atoms with Gasteiger partial charge in [0.15, 0.2) is 5.78 Å². The number of carbonyl (C=O) groups is 3. The molecule has 0 aromatic heterocycles. The molecule has 0 aliphatic carbocycles. The summed E-state index contributed by atoms with van der Waals surface area (Å²) >= 11 is 0. The lowest BCUT2D eigenvalue weighted by atomic mass is 9.80. The number of rotatable bonds is 8. The molecule has 0 unspecified atom stereocenters. The highest BCUT2D eigenvalue weighted by molar-refractivity contribution is 5.99. The van der Waals surface area contributed by atoms with Gasteiger partial charge >= 0.3 is 0 Å². The highest BCUT2D eigenvalue weighted by atomic mass is 19.3. The molecule has 10 heteroatoms. The zero-order valence-corrected chi connectivity index (χ0v) is 22.1. The Kier molecular flexibility index (Phi) is 8.18. The number of hydrogen-bond donors (Lipinski definition) is 1. The zero-order chi connectivity index (χ0) is 26.9. The fraction of sp³-hybridized carbons (Fsp3) is 0.667. The molecule has 8 nitrogen and oxygen atoms in total. The summed E-state index contributed by atoms with van der Waals surface area (Å²) in [5, 5.41) is 2.86. The molecule has 2 amide bonds. The molecule has 3 saturated heterocycles. The Bertz CT molecular complexity index is 995. The molecule has 3 aliphatic rings. The molecule has 0 spiro atoms. The number of nitrogens with one attached hydrogen (secondary N) is 1. The summed E-state index contributed by atoms with van der Waals surface area (Å²) in [7, 11) is 0. The van der Waals surface area contributed by atoms with Gasteiger partial charge in [-0.2, -0.15) is 0 Å². The standard InChI is InChI=1S/C27H38F2N4O4/c1-5-27(3,4)23(26(36)33-15-19(24(28)29)22-21(33)20(34)16-37-22)30-25(35)17-7-9-18(10-8-17)32-13-11-31(6-2)12-14-32/h7-10,19,21-24H,5-6,11-16H2,1-4H3,(H,30,35)/t19-,21+,22+,23+/m0/s1. The van der Waals surface area contributed by atoms with Crippen molar-refractivity contribution in [2.24, 2.45) is 11.3 Å². The number of amides is 2. The van der Waals surface area contributed by atoms with Crippen molar-refractivity contribution >= 4 is 23.3 Å². The van der Waals surface area contributed by atoms with Crippen LogP contribution in [-0.4, -0.2) is 97.9 Å². The van der Waals surface area contributed by atoms with Crippen molar-refractivity contribution in [2.75, 3.05) is 50.8 Å². The Morgan fingerprint density at radius 2 is 1.76 bits per heavy atom.